The topological polar surface area (TPSA) is 68.4 Å². The summed E-state index contributed by atoms with van der Waals surface area (Å²) in [6, 6.07) is 8.07. The van der Waals surface area contributed by atoms with E-state index in [2.05, 4.69) is 29.4 Å². The number of hydrogen-bond acceptors (Lipinski definition) is 2. The van der Waals surface area contributed by atoms with Gasteiger partial charge in [0.2, 0.25) is 0 Å². The number of likely N-dealkylation sites (tertiary alicyclic amines) is 1. The van der Waals surface area contributed by atoms with Gasteiger partial charge in [0.25, 0.3) is 0 Å². The fourth-order valence-electron chi connectivity index (χ4n) is 3.80. The zero-order valence-corrected chi connectivity index (χ0v) is 14.7. The van der Waals surface area contributed by atoms with Gasteiger partial charge in [-0.1, -0.05) is 18.2 Å². The zero-order valence-electron chi connectivity index (χ0n) is 14.7. The van der Waals surface area contributed by atoms with E-state index in [1.807, 2.05) is 12.1 Å². The number of aryl methyl sites for hydroxylation is 1. The third-order valence-electron chi connectivity index (χ3n) is 5.01. The Hall–Kier alpha value is -2.01. The molecular formula is C19H27N3O2. The smallest absolute Gasteiger partial charge is 0.317 e. The lowest BCUT2D eigenvalue weighted by molar-refractivity contribution is 0.00986. The summed E-state index contributed by atoms with van der Waals surface area (Å²) in [6.07, 6.45) is 2.60. The number of H-pyrrole nitrogens is 1. The number of hydrogen-bond donors (Lipinski definition) is 3. The lowest BCUT2D eigenvalue weighted by atomic mass is 9.97. The minimum absolute atomic E-state index is 0.0721. The number of aromatic nitrogens is 1. The average molecular weight is 329 g/mol. The van der Waals surface area contributed by atoms with Crippen LogP contribution in [0.5, 0.6) is 0 Å². The van der Waals surface area contributed by atoms with Crippen LogP contribution in [0.1, 0.15) is 37.9 Å². The third kappa shape index (κ3) is 3.26. The fraction of sp³-hybridized carbons (Fsp3) is 0.526. The van der Waals surface area contributed by atoms with Crippen molar-refractivity contribution in [1.29, 1.82) is 0 Å². The molecule has 5 heteroatoms. The molecule has 2 amide bonds. The van der Waals surface area contributed by atoms with Crippen LogP contribution in [0.2, 0.25) is 0 Å². The van der Waals surface area contributed by atoms with Crippen LogP contribution < -0.4 is 5.32 Å². The van der Waals surface area contributed by atoms with Gasteiger partial charge in [0.05, 0.1) is 11.6 Å². The van der Waals surface area contributed by atoms with E-state index >= 15 is 0 Å². The summed E-state index contributed by atoms with van der Waals surface area (Å²) in [5.74, 6) is 0. The van der Waals surface area contributed by atoms with Crippen LogP contribution in [0.15, 0.2) is 24.3 Å². The van der Waals surface area contributed by atoms with Crippen molar-refractivity contribution in [1.82, 2.24) is 15.2 Å². The molecule has 0 spiro atoms. The maximum absolute atomic E-state index is 12.5. The average Bonchev–Trinajstić information content (AvgIpc) is 3.12. The molecule has 24 heavy (non-hydrogen) atoms. The van der Waals surface area contributed by atoms with E-state index in [0.29, 0.717) is 13.1 Å². The summed E-state index contributed by atoms with van der Waals surface area (Å²) >= 11 is 0. The Bertz CT molecular complexity index is 730. The van der Waals surface area contributed by atoms with Crippen LogP contribution in [0.25, 0.3) is 10.9 Å². The lowest BCUT2D eigenvalue weighted by Gasteiger charge is -2.33. The minimum Gasteiger partial charge on any atom is -0.388 e. The summed E-state index contributed by atoms with van der Waals surface area (Å²) < 4.78 is 0. The molecule has 1 atom stereocenters. The Balaban J connectivity index is 1.62. The standard InChI is InChI=1S/C19H27N3O2/c1-13-14(15-7-4-5-8-16(15)21-13)10-11-20-18(23)22-12-6-9-17(22)19(2,3)24/h4-5,7-8,17,21,24H,6,9-12H2,1-3H3,(H,20,23). The zero-order chi connectivity index (χ0) is 17.3. The Kier molecular flexibility index (Phi) is 4.54. The van der Waals surface area contributed by atoms with E-state index in [4.69, 9.17) is 0 Å². The van der Waals surface area contributed by atoms with Gasteiger partial charge in [-0.15, -0.1) is 0 Å². The number of rotatable bonds is 4. The van der Waals surface area contributed by atoms with E-state index in [9.17, 15) is 9.90 Å². The highest BCUT2D eigenvalue weighted by Crippen LogP contribution is 2.26. The number of carbonyl (C=O) groups is 1. The van der Waals surface area contributed by atoms with Gasteiger partial charge in [-0.2, -0.15) is 0 Å². The second kappa shape index (κ2) is 6.48. The summed E-state index contributed by atoms with van der Waals surface area (Å²) in [7, 11) is 0. The van der Waals surface area contributed by atoms with E-state index in [1.165, 1.54) is 10.9 Å². The summed E-state index contributed by atoms with van der Waals surface area (Å²) in [5, 5.41) is 14.5. The van der Waals surface area contributed by atoms with Crippen LogP contribution in [0, 0.1) is 6.92 Å². The van der Waals surface area contributed by atoms with Crippen LogP contribution in [-0.2, 0) is 6.42 Å². The molecule has 1 unspecified atom stereocenters. The molecule has 5 nitrogen and oxygen atoms in total. The minimum atomic E-state index is -0.860. The Labute approximate surface area is 143 Å². The maximum Gasteiger partial charge on any atom is 0.317 e. The fourth-order valence-corrected chi connectivity index (χ4v) is 3.80. The molecule has 1 aliphatic rings. The van der Waals surface area contributed by atoms with E-state index in [-0.39, 0.29) is 12.1 Å². The first-order chi connectivity index (χ1) is 11.4. The summed E-state index contributed by atoms with van der Waals surface area (Å²) in [6.45, 7) is 6.93. The SMILES string of the molecule is Cc1[nH]c2ccccc2c1CCNC(=O)N1CCCC1C(C)(C)O. The molecule has 2 aromatic rings. The van der Waals surface area contributed by atoms with E-state index in [0.717, 1.165) is 30.5 Å². The molecule has 2 heterocycles. The molecule has 0 saturated carbocycles. The first-order valence-corrected chi connectivity index (χ1v) is 8.71. The van der Waals surface area contributed by atoms with E-state index < -0.39 is 5.60 Å². The van der Waals surface area contributed by atoms with Gasteiger partial charge < -0.3 is 20.3 Å². The van der Waals surface area contributed by atoms with Gasteiger partial charge in [0, 0.05) is 29.7 Å². The number of aliphatic hydroxyl groups is 1. The van der Waals surface area contributed by atoms with Crippen molar-refractivity contribution in [3.05, 3.63) is 35.5 Å². The van der Waals surface area contributed by atoms with Crippen LogP contribution in [0.4, 0.5) is 4.79 Å². The van der Waals surface area contributed by atoms with Crippen molar-refractivity contribution in [3.63, 3.8) is 0 Å². The Morgan fingerprint density at radius 3 is 2.92 bits per heavy atom. The van der Waals surface area contributed by atoms with Crippen molar-refractivity contribution in [3.8, 4) is 0 Å². The molecule has 1 aromatic carbocycles. The molecular weight excluding hydrogens is 302 g/mol. The van der Waals surface area contributed by atoms with Crippen molar-refractivity contribution < 1.29 is 9.90 Å². The van der Waals surface area contributed by atoms with Gasteiger partial charge in [0.1, 0.15) is 0 Å². The molecule has 3 N–H and O–H groups in total. The van der Waals surface area contributed by atoms with Crippen molar-refractivity contribution in [2.24, 2.45) is 0 Å². The summed E-state index contributed by atoms with van der Waals surface area (Å²) in [5.41, 5.74) is 2.69. The number of aromatic amines is 1. The van der Waals surface area contributed by atoms with Crippen LogP contribution in [0.3, 0.4) is 0 Å². The molecule has 1 saturated heterocycles. The van der Waals surface area contributed by atoms with Crippen molar-refractivity contribution >= 4 is 16.9 Å². The molecule has 3 rings (SSSR count). The second-order valence-corrected chi connectivity index (χ2v) is 7.26. The predicted octanol–water partition coefficient (Wildman–Crippen LogP) is 2.96. The van der Waals surface area contributed by atoms with Crippen LogP contribution >= 0.6 is 0 Å². The molecule has 1 fully saturated rings. The molecule has 1 aromatic heterocycles. The monoisotopic (exact) mass is 329 g/mol. The van der Waals surface area contributed by atoms with E-state index in [1.54, 1.807) is 18.7 Å². The number of para-hydroxylation sites is 1. The van der Waals surface area contributed by atoms with Crippen LogP contribution in [-0.4, -0.2) is 45.8 Å². The summed E-state index contributed by atoms with van der Waals surface area (Å²) in [4.78, 5) is 17.6. The maximum atomic E-state index is 12.5. The quantitative estimate of drug-likeness (QED) is 0.807. The van der Waals surface area contributed by atoms with Gasteiger partial charge in [-0.05, 0) is 51.7 Å². The Morgan fingerprint density at radius 1 is 1.42 bits per heavy atom. The number of nitrogens with zero attached hydrogens (tertiary/aromatic N) is 1. The number of benzene rings is 1. The predicted molar refractivity (Wildman–Crippen MR) is 96.2 cm³/mol. The lowest BCUT2D eigenvalue weighted by Crippen LogP contribution is -2.51. The number of fused-ring (bicyclic) bond motifs is 1. The van der Waals surface area contributed by atoms with Crippen molar-refractivity contribution in [2.75, 3.05) is 13.1 Å². The molecule has 130 valence electrons. The molecule has 1 aliphatic heterocycles. The number of nitrogens with one attached hydrogen (secondary N) is 2. The largest absolute Gasteiger partial charge is 0.388 e. The molecule has 0 bridgehead atoms. The highest BCUT2D eigenvalue weighted by atomic mass is 16.3. The molecule has 0 radical (unpaired) electrons. The normalized spacial score (nSPS) is 18.3. The van der Waals surface area contributed by atoms with Gasteiger partial charge >= 0.3 is 6.03 Å². The van der Waals surface area contributed by atoms with Crippen molar-refractivity contribution in [2.45, 2.75) is 51.7 Å². The van der Waals surface area contributed by atoms with Gasteiger partial charge in [0.15, 0.2) is 0 Å². The second-order valence-electron chi connectivity index (χ2n) is 7.26. The van der Waals surface area contributed by atoms with Gasteiger partial charge in [-0.25, -0.2) is 4.79 Å². The van der Waals surface area contributed by atoms with Gasteiger partial charge in [-0.3, -0.25) is 0 Å². The Morgan fingerprint density at radius 2 is 2.17 bits per heavy atom. The first kappa shape index (κ1) is 16.8. The first-order valence-electron chi connectivity index (χ1n) is 8.71. The highest BCUT2D eigenvalue weighted by molar-refractivity contribution is 5.84. The third-order valence-corrected chi connectivity index (χ3v) is 5.01. The number of urea groups is 1. The highest BCUT2D eigenvalue weighted by Gasteiger charge is 2.38. The number of carbonyl (C=O) groups excluding carboxylic acids is 1. The number of amides is 2. The molecule has 0 aliphatic carbocycles.